The first-order chi connectivity index (χ1) is 17.5. The van der Waals surface area contributed by atoms with Crippen molar-refractivity contribution in [2.24, 2.45) is 11.0 Å². The molecule has 2 aliphatic rings. The van der Waals surface area contributed by atoms with Crippen LogP contribution < -0.4 is 10.7 Å². The molecule has 0 bridgehead atoms. The van der Waals surface area contributed by atoms with Crippen molar-refractivity contribution in [1.29, 1.82) is 0 Å². The Labute approximate surface area is 222 Å². The minimum Gasteiger partial charge on any atom is -0.378 e. The summed E-state index contributed by atoms with van der Waals surface area (Å²) in [5.74, 6) is 1.43. The van der Waals surface area contributed by atoms with Crippen LogP contribution in [0.2, 0.25) is 5.02 Å². The van der Waals surface area contributed by atoms with E-state index in [0.717, 1.165) is 39.7 Å². The average molecular weight is 516 g/mol. The minimum atomic E-state index is -0.194. The van der Waals surface area contributed by atoms with Crippen LogP contribution in [0.15, 0.2) is 90.0 Å². The highest BCUT2D eigenvalue weighted by Crippen LogP contribution is 2.50. The van der Waals surface area contributed by atoms with Crippen molar-refractivity contribution < 1.29 is 4.79 Å². The Balaban J connectivity index is 1.28. The van der Waals surface area contributed by atoms with E-state index < -0.39 is 0 Å². The lowest BCUT2D eigenvalue weighted by atomic mass is 9.76. The Hall–Kier alpha value is -3.02. The third kappa shape index (κ3) is 5.23. The molecule has 1 aliphatic carbocycles. The van der Waals surface area contributed by atoms with Crippen LogP contribution in [0.3, 0.4) is 0 Å². The van der Waals surface area contributed by atoms with Crippen molar-refractivity contribution in [2.45, 2.75) is 43.2 Å². The first-order valence-electron chi connectivity index (χ1n) is 12.3. The smallest absolute Gasteiger partial charge is 0.252 e. The Kier molecular flexibility index (Phi) is 7.49. The lowest BCUT2D eigenvalue weighted by Crippen LogP contribution is -2.29. The summed E-state index contributed by atoms with van der Waals surface area (Å²) in [6.07, 6.45) is 5.61. The molecule has 1 amide bonds. The largest absolute Gasteiger partial charge is 0.378 e. The highest BCUT2D eigenvalue weighted by atomic mass is 35.5. The lowest BCUT2D eigenvalue weighted by molar-refractivity contribution is -0.120. The van der Waals surface area contributed by atoms with Gasteiger partial charge in [0.1, 0.15) is 0 Å². The van der Waals surface area contributed by atoms with Crippen LogP contribution >= 0.6 is 23.4 Å². The maximum atomic E-state index is 12.6. The molecule has 3 aromatic carbocycles. The number of anilines is 1. The molecule has 0 saturated carbocycles. The highest BCUT2D eigenvalue weighted by Gasteiger charge is 2.38. The summed E-state index contributed by atoms with van der Waals surface area (Å²) in [7, 11) is 0. The molecule has 3 aromatic rings. The topological polar surface area (TPSA) is 53.5 Å². The van der Waals surface area contributed by atoms with Gasteiger partial charge in [0.05, 0.1) is 17.0 Å². The zero-order valence-electron chi connectivity index (χ0n) is 20.4. The predicted octanol–water partition coefficient (Wildman–Crippen LogP) is 7.33. The third-order valence-electron chi connectivity index (χ3n) is 7.07. The Morgan fingerprint density at radius 3 is 2.69 bits per heavy atom. The van der Waals surface area contributed by atoms with Crippen molar-refractivity contribution in [3.63, 3.8) is 0 Å². The molecule has 0 fully saturated rings. The van der Waals surface area contributed by atoms with Gasteiger partial charge in [-0.15, -0.1) is 11.8 Å². The molecule has 184 valence electrons. The SMILES string of the molecule is C/C(=N/NC(=O)[C@@H](C)SCc1ccccc1)c1ccc2c(c1)[C@@H]1C=CC[C@@H]1[C@H](c1ccccc1Cl)N2. The second-order valence-electron chi connectivity index (χ2n) is 9.41. The van der Waals surface area contributed by atoms with Gasteiger partial charge in [-0.3, -0.25) is 4.79 Å². The van der Waals surface area contributed by atoms with Crippen molar-refractivity contribution >= 4 is 40.7 Å². The number of nitrogens with zero attached hydrogens (tertiary/aromatic N) is 1. The van der Waals surface area contributed by atoms with Gasteiger partial charge in [-0.2, -0.15) is 5.10 Å². The molecule has 1 aliphatic heterocycles. The summed E-state index contributed by atoms with van der Waals surface area (Å²) >= 11 is 8.17. The van der Waals surface area contributed by atoms with E-state index >= 15 is 0 Å². The summed E-state index contributed by atoms with van der Waals surface area (Å²) in [5.41, 5.74) is 9.31. The number of halogens is 1. The van der Waals surface area contributed by atoms with Crippen LogP contribution in [-0.2, 0) is 10.5 Å². The number of hydrogen-bond acceptors (Lipinski definition) is 4. The number of carbonyl (C=O) groups is 1. The zero-order valence-corrected chi connectivity index (χ0v) is 22.0. The second kappa shape index (κ2) is 10.9. The predicted molar refractivity (Wildman–Crippen MR) is 152 cm³/mol. The van der Waals surface area contributed by atoms with Crippen LogP contribution in [0.5, 0.6) is 0 Å². The molecular formula is C30H30ClN3OS. The molecule has 0 saturated heterocycles. The molecule has 0 radical (unpaired) electrons. The summed E-state index contributed by atoms with van der Waals surface area (Å²) in [5, 5.41) is 8.78. The van der Waals surface area contributed by atoms with Gasteiger partial charge >= 0.3 is 0 Å². The highest BCUT2D eigenvalue weighted by molar-refractivity contribution is 7.99. The fraction of sp³-hybridized carbons (Fsp3) is 0.267. The first-order valence-corrected chi connectivity index (χ1v) is 13.8. The van der Waals surface area contributed by atoms with Gasteiger partial charge in [-0.25, -0.2) is 5.43 Å². The Morgan fingerprint density at radius 1 is 1.11 bits per heavy atom. The molecular weight excluding hydrogens is 486 g/mol. The fourth-order valence-corrected chi connectivity index (χ4v) is 6.11. The van der Waals surface area contributed by atoms with Crippen molar-refractivity contribution in [3.05, 3.63) is 112 Å². The first kappa shape index (κ1) is 24.7. The lowest BCUT2D eigenvalue weighted by Gasteiger charge is -2.38. The molecule has 0 unspecified atom stereocenters. The molecule has 2 N–H and O–H groups in total. The molecule has 36 heavy (non-hydrogen) atoms. The van der Waals surface area contributed by atoms with Gasteiger partial charge in [0.2, 0.25) is 0 Å². The van der Waals surface area contributed by atoms with Gasteiger partial charge in [-0.05, 0) is 66.6 Å². The molecule has 6 heteroatoms. The molecule has 4 nitrogen and oxygen atoms in total. The summed E-state index contributed by atoms with van der Waals surface area (Å²) < 4.78 is 0. The van der Waals surface area contributed by atoms with Crippen molar-refractivity contribution in [2.75, 3.05) is 5.32 Å². The number of amides is 1. The fourth-order valence-electron chi connectivity index (χ4n) is 5.02. The second-order valence-corrected chi connectivity index (χ2v) is 11.1. The van der Waals surface area contributed by atoms with Crippen LogP contribution in [0.4, 0.5) is 5.69 Å². The van der Waals surface area contributed by atoms with Gasteiger partial charge in [0, 0.05) is 22.4 Å². The number of thioether (sulfide) groups is 1. The number of hydrogen-bond donors (Lipinski definition) is 2. The molecule has 4 atom stereocenters. The van der Waals surface area contributed by atoms with E-state index in [9.17, 15) is 4.79 Å². The van der Waals surface area contributed by atoms with E-state index in [-0.39, 0.29) is 17.2 Å². The van der Waals surface area contributed by atoms with Crippen LogP contribution in [0.1, 0.15) is 54.5 Å². The van der Waals surface area contributed by atoms with Gasteiger partial charge in [-0.1, -0.05) is 78.4 Å². The maximum Gasteiger partial charge on any atom is 0.252 e. The Bertz CT molecular complexity index is 1310. The quantitative estimate of drug-likeness (QED) is 0.197. The van der Waals surface area contributed by atoms with Crippen molar-refractivity contribution in [1.82, 2.24) is 5.43 Å². The minimum absolute atomic E-state index is 0.0868. The number of rotatable bonds is 7. The average Bonchev–Trinajstić information content (AvgIpc) is 3.41. The van der Waals surface area contributed by atoms with Gasteiger partial charge in [0.25, 0.3) is 5.91 Å². The number of benzene rings is 3. The number of allylic oxidation sites excluding steroid dienone is 2. The number of fused-ring (bicyclic) bond motifs is 3. The number of hydrazone groups is 1. The van der Waals surface area contributed by atoms with Crippen molar-refractivity contribution in [3.8, 4) is 0 Å². The monoisotopic (exact) mass is 515 g/mol. The van der Waals surface area contributed by atoms with E-state index in [1.165, 1.54) is 11.1 Å². The van der Waals surface area contributed by atoms with E-state index in [1.54, 1.807) is 11.8 Å². The summed E-state index contributed by atoms with van der Waals surface area (Å²) in [6, 6.07) is 24.8. The molecule has 0 aromatic heterocycles. The standard InChI is InChI=1S/C30H30ClN3OS/c1-19(33-34-30(35)20(2)36-18-21-9-4-3-5-10-21)22-15-16-28-26(17-22)23-12-8-13-24(23)29(32-28)25-11-6-7-14-27(25)31/h3-12,14-17,20,23-24,29,32H,13,18H2,1-2H3,(H,34,35)/b33-19-/t20-,23-,24+,29-/m1/s1. The Morgan fingerprint density at radius 2 is 1.89 bits per heavy atom. The van der Waals surface area contributed by atoms with Crippen LogP contribution in [-0.4, -0.2) is 16.9 Å². The molecule has 0 spiro atoms. The summed E-state index contributed by atoms with van der Waals surface area (Å²) in [6.45, 7) is 3.86. The molecule has 1 heterocycles. The van der Waals surface area contributed by atoms with Crippen LogP contribution in [0, 0.1) is 5.92 Å². The van der Waals surface area contributed by atoms with E-state index in [1.807, 2.05) is 50.2 Å². The summed E-state index contributed by atoms with van der Waals surface area (Å²) in [4.78, 5) is 12.6. The van der Waals surface area contributed by atoms with Crippen LogP contribution in [0.25, 0.3) is 0 Å². The van der Waals surface area contributed by atoms with Gasteiger partial charge < -0.3 is 5.32 Å². The van der Waals surface area contributed by atoms with E-state index in [2.05, 4.69) is 64.4 Å². The maximum absolute atomic E-state index is 12.6. The number of carbonyl (C=O) groups excluding carboxylic acids is 1. The zero-order chi connectivity index (χ0) is 25.1. The van der Waals surface area contributed by atoms with E-state index in [0.29, 0.717) is 11.8 Å². The number of nitrogens with one attached hydrogen (secondary N) is 2. The van der Waals surface area contributed by atoms with Gasteiger partial charge in [0.15, 0.2) is 0 Å². The third-order valence-corrected chi connectivity index (χ3v) is 8.62. The van der Waals surface area contributed by atoms with E-state index in [4.69, 9.17) is 11.6 Å². The molecule has 5 rings (SSSR count). The normalized spacial score (nSPS) is 21.3.